The molecule has 1 fully saturated rings. The molecule has 1 aromatic heterocycles. The molecule has 0 spiro atoms. The number of thioether (sulfide) groups is 1. The van der Waals surface area contributed by atoms with Crippen LogP contribution in [0.2, 0.25) is 0 Å². The molecular formula is C26H21F6N5O2S. The third-order valence-electron chi connectivity index (χ3n) is 6.63. The van der Waals surface area contributed by atoms with Crippen molar-refractivity contribution >= 4 is 45.7 Å². The number of amidine groups is 1. The van der Waals surface area contributed by atoms with Gasteiger partial charge in [-0.3, -0.25) is 14.3 Å². The van der Waals surface area contributed by atoms with Gasteiger partial charge in [-0.2, -0.15) is 36.4 Å². The molecule has 5 rings (SSSR count). The van der Waals surface area contributed by atoms with E-state index in [1.54, 1.807) is 29.2 Å². The summed E-state index contributed by atoms with van der Waals surface area (Å²) in [6.45, 7) is 3.33. The molecule has 3 heterocycles. The van der Waals surface area contributed by atoms with Crippen LogP contribution in [0.4, 0.5) is 26.3 Å². The summed E-state index contributed by atoms with van der Waals surface area (Å²) in [7, 11) is 0. The maximum Gasteiger partial charge on any atom is 0.416 e. The molecule has 14 heteroatoms. The maximum atomic E-state index is 13.6. The highest BCUT2D eigenvalue weighted by Crippen LogP contribution is 2.38. The van der Waals surface area contributed by atoms with E-state index < -0.39 is 29.4 Å². The number of carbonyl (C=O) groups excluding carboxylic acids is 2. The first-order valence-electron chi connectivity index (χ1n) is 12.1. The number of hydrogen-bond acceptors (Lipinski definition) is 5. The lowest BCUT2D eigenvalue weighted by Crippen LogP contribution is -2.49. The largest absolute Gasteiger partial charge is 0.416 e. The third kappa shape index (κ3) is 5.71. The van der Waals surface area contributed by atoms with Crippen LogP contribution in [0.15, 0.2) is 52.5 Å². The van der Waals surface area contributed by atoms with Crippen LogP contribution in [0.1, 0.15) is 29.2 Å². The van der Waals surface area contributed by atoms with Crippen molar-refractivity contribution in [2.45, 2.75) is 25.8 Å². The van der Waals surface area contributed by atoms with E-state index in [4.69, 9.17) is 0 Å². The number of aliphatic imine (C=N–C) groups is 1. The fourth-order valence-corrected chi connectivity index (χ4v) is 5.50. The number of halogens is 6. The van der Waals surface area contributed by atoms with Crippen molar-refractivity contribution in [3.05, 3.63) is 69.8 Å². The van der Waals surface area contributed by atoms with Gasteiger partial charge in [0.1, 0.15) is 0 Å². The number of nitrogens with zero attached hydrogens (tertiary/aromatic N) is 5. The highest BCUT2D eigenvalue weighted by Gasteiger charge is 2.38. The van der Waals surface area contributed by atoms with Crippen LogP contribution in [0.5, 0.6) is 0 Å². The van der Waals surface area contributed by atoms with Crippen LogP contribution in [-0.4, -0.2) is 62.7 Å². The molecule has 2 aromatic carbocycles. The van der Waals surface area contributed by atoms with Gasteiger partial charge in [0.25, 0.3) is 5.91 Å². The minimum absolute atomic E-state index is 0.00353. The number of aromatic nitrogens is 2. The van der Waals surface area contributed by atoms with Gasteiger partial charge in [-0.25, -0.2) is 0 Å². The van der Waals surface area contributed by atoms with Crippen LogP contribution in [0.3, 0.4) is 0 Å². The predicted octanol–water partition coefficient (Wildman–Crippen LogP) is 5.26. The zero-order valence-electron chi connectivity index (χ0n) is 20.9. The van der Waals surface area contributed by atoms with Crippen LogP contribution in [-0.2, 0) is 28.5 Å². The summed E-state index contributed by atoms with van der Waals surface area (Å²) < 4.78 is 81.0. The molecule has 2 amide bonds. The number of rotatable bonds is 3. The topological polar surface area (TPSA) is 70.8 Å². The molecule has 3 aromatic rings. The fourth-order valence-electron chi connectivity index (χ4n) is 4.53. The van der Waals surface area contributed by atoms with E-state index in [2.05, 4.69) is 10.1 Å². The zero-order valence-corrected chi connectivity index (χ0v) is 21.7. The van der Waals surface area contributed by atoms with Gasteiger partial charge in [0.05, 0.1) is 34.3 Å². The normalized spacial score (nSPS) is 17.7. The second kappa shape index (κ2) is 10.3. The molecule has 0 N–H and O–H groups in total. The lowest BCUT2D eigenvalue weighted by molar-refractivity contribution is -0.143. The van der Waals surface area contributed by atoms with Gasteiger partial charge < -0.3 is 9.80 Å². The van der Waals surface area contributed by atoms with Crippen molar-refractivity contribution in [2.24, 2.45) is 4.99 Å². The number of piperazine rings is 1. The molecule has 0 atom stereocenters. The molecule has 2 aliphatic heterocycles. The van der Waals surface area contributed by atoms with E-state index >= 15 is 0 Å². The van der Waals surface area contributed by atoms with Crippen molar-refractivity contribution in [3.8, 4) is 0 Å². The molecule has 2 aliphatic rings. The third-order valence-corrected chi connectivity index (χ3v) is 7.68. The first kappa shape index (κ1) is 27.7. The van der Waals surface area contributed by atoms with Crippen LogP contribution < -0.4 is 0 Å². The van der Waals surface area contributed by atoms with Crippen molar-refractivity contribution in [1.29, 1.82) is 0 Å². The van der Waals surface area contributed by atoms with E-state index in [1.165, 1.54) is 29.6 Å². The Bertz CT molecular complexity index is 1550. The Morgan fingerprint density at radius 1 is 1.00 bits per heavy atom. The van der Waals surface area contributed by atoms with Gasteiger partial charge in [0.2, 0.25) is 5.91 Å². The van der Waals surface area contributed by atoms with E-state index in [0.29, 0.717) is 58.8 Å². The summed E-state index contributed by atoms with van der Waals surface area (Å²) in [5.74, 6) is -0.400. The lowest BCUT2D eigenvalue weighted by Gasteiger charge is -2.34. The minimum atomic E-state index is -4.98. The smallest absolute Gasteiger partial charge is 0.347 e. The number of amides is 2. The second-order valence-electron chi connectivity index (χ2n) is 9.29. The van der Waals surface area contributed by atoms with E-state index in [-0.39, 0.29) is 24.1 Å². The van der Waals surface area contributed by atoms with Crippen molar-refractivity contribution in [1.82, 2.24) is 19.6 Å². The Kier molecular flexibility index (Phi) is 7.15. The standard InChI is InChI=1S/C26H21F6N5O2S/c1-15(38)35-6-8-36(9-7-35)24-34-23(39)22(40-24)11-16-2-5-21-18(10-16)13-33-37(21)14-17-3-4-19(25(27,28)29)12-20(17)26(30,31)32/h2-5,10-13H,6-9,14H2,1H3/b22-11-. The first-order chi connectivity index (χ1) is 18.8. The van der Waals surface area contributed by atoms with E-state index in [0.717, 1.165) is 6.07 Å². The minimum Gasteiger partial charge on any atom is -0.347 e. The molecule has 210 valence electrons. The number of hydrogen-bond donors (Lipinski definition) is 0. The number of alkyl halides is 6. The summed E-state index contributed by atoms with van der Waals surface area (Å²) in [6, 6.07) is 6.55. The van der Waals surface area contributed by atoms with Gasteiger partial charge in [-0.15, -0.1) is 0 Å². The highest BCUT2D eigenvalue weighted by atomic mass is 32.2. The van der Waals surface area contributed by atoms with Gasteiger partial charge in [-0.1, -0.05) is 12.1 Å². The Labute approximate surface area is 228 Å². The average Bonchev–Trinajstić information content (AvgIpc) is 3.45. The monoisotopic (exact) mass is 581 g/mol. The Morgan fingerprint density at radius 2 is 1.73 bits per heavy atom. The quantitative estimate of drug-likeness (QED) is 0.312. The van der Waals surface area contributed by atoms with Gasteiger partial charge in [-0.05, 0) is 53.2 Å². The summed E-state index contributed by atoms with van der Waals surface area (Å²) in [4.78, 5) is 32.3. The fraction of sp³-hybridized carbons (Fsp3) is 0.308. The molecule has 0 aliphatic carbocycles. The summed E-state index contributed by atoms with van der Waals surface area (Å²) in [6.07, 6.45) is -6.79. The van der Waals surface area contributed by atoms with Crippen LogP contribution in [0, 0.1) is 0 Å². The Balaban J connectivity index is 1.34. The van der Waals surface area contributed by atoms with Gasteiger partial charge >= 0.3 is 12.4 Å². The molecular weight excluding hydrogens is 560 g/mol. The van der Waals surface area contributed by atoms with E-state index in [9.17, 15) is 35.9 Å². The predicted molar refractivity (Wildman–Crippen MR) is 137 cm³/mol. The Morgan fingerprint density at radius 3 is 2.38 bits per heavy atom. The lowest BCUT2D eigenvalue weighted by atomic mass is 10.0. The molecule has 0 unspecified atom stereocenters. The van der Waals surface area contributed by atoms with Crippen molar-refractivity contribution in [2.75, 3.05) is 26.2 Å². The summed E-state index contributed by atoms with van der Waals surface area (Å²) >= 11 is 1.23. The van der Waals surface area contributed by atoms with E-state index in [1.807, 2.05) is 4.90 Å². The van der Waals surface area contributed by atoms with Gasteiger partial charge in [0.15, 0.2) is 5.17 Å². The summed E-state index contributed by atoms with van der Waals surface area (Å²) in [5, 5.41) is 5.28. The second-order valence-corrected chi connectivity index (χ2v) is 10.3. The number of carbonyl (C=O) groups is 2. The molecule has 1 saturated heterocycles. The highest BCUT2D eigenvalue weighted by molar-refractivity contribution is 8.18. The maximum absolute atomic E-state index is 13.6. The van der Waals surface area contributed by atoms with Crippen molar-refractivity contribution in [3.63, 3.8) is 0 Å². The summed E-state index contributed by atoms with van der Waals surface area (Å²) in [5.41, 5.74) is -1.98. The average molecular weight is 582 g/mol. The van der Waals surface area contributed by atoms with Crippen LogP contribution >= 0.6 is 11.8 Å². The molecule has 0 radical (unpaired) electrons. The first-order valence-corrected chi connectivity index (χ1v) is 12.9. The molecule has 40 heavy (non-hydrogen) atoms. The van der Waals surface area contributed by atoms with Crippen molar-refractivity contribution < 1.29 is 35.9 Å². The molecule has 7 nitrogen and oxygen atoms in total. The number of fused-ring (bicyclic) bond motifs is 1. The molecule has 0 bridgehead atoms. The Hall–Kier alpha value is -3.81. The zero-order chi connectivity index (χ0) is 28.8. The van der Waals surface area contributed by atoms with Gasteiger partial charge in [0, 0.05) is 38.5 Å². The number of benzene rings is 2. The SMILES string of the molecule is CC(=O)N1CCN(C2=NC(=O)/C(=C/c3ccc4c(cnn4Cc4ccc(C(F)(F)F)cc4C(F)(F)F)c3)S2)CC1. The van der Waals surface area contributed by atoms with Crippen LogP contribution in [0.25, 0.3) is 17.0 Å². The molecule has 0 saturated carbocycles.